The van der Waals surface area contributed by atoms with Crippen LogP contribution in [0.2, 0.25) is 5.04 Å². The Morgan fingerprint density at radius 2 is 1.40 bits per heavy atom. The van der Waals surface area contributed by atoms with Gasteiger partial charge in [-0.25, -0.2) is 4.79 Å². The Bertz CT molecular complexity index is 1310. The van der Waals surface area contributed by atoms with E-state index in [0.29, 0.717) is 0 Å². The van der Waals surface area contributed by atoms with Crippen LogP contribution in [0.15, 0.2) is 60.7 Å². The van der Waals surface area contributed by atoms with Gasteiger partial charge in [-0.3, -0.25) is 9.08 Å². The summed E-state index contributed by atoms with van der Waals surface area (Å²) in [5.41, 5.74) is -7.49. The van der Waals surface area contributed by atoms with Crippen LogP contribution in [-0.4, -0.2) is 77.1 Å². The largest absolute Gasteiger partial charge is 0.523 e. The first-order valence-electron chi connectivity index (χ1n) is 13.0. The second kappa shape index (κ2) is 12.4. The van der Waals surface area contributed by atoms with Crippen molar-refractivity contribution in [3.8, 4) is 0 Å². The Hall–Kier alpha value is -2.66. The molecule has 0 N–H and O–H groups in total. The highest BCUT2D eigenvalue weighted by atomic mass is 32.2. The fourth-order valence-corrected chi connectivity index (χ4v) is 10.2. The molecule has 1 fully saturated rings. The fraction of sp³-hybridized carbons (Fsp3) is 0.519. The topological polar surface area (TPSA) is 91.4 Å². The molecule has 2 atom stereocenters. The van der Waals surface area contributed by atoms with Crippen molar-refractivity contribution < 1.29 is 57.6 Å². The minimum atomic E-state index is -6.06. The smallest absolute Gasteiger partial charge is 0.440 e. The van der Waals surface area contributed by atoms with Gasteiger partial charge in [-0.05, 0) is 29.3 Å². The van der Waals surface area contributed by atoms with Crippen LogP contribution in [0, 0.1) is 0 Å². The molecule has 16 heteroatoms. The molecule has 1 heterocycles. The molecule has 0 spiro atoms. The maximum Gasteiger partial charge on any atom is 0.523 e. The van der Waals surface area contributed by atoms with Gasteiger partial charge in [0.1, 0.15) is 11.8 Å². The zero-order valence-corrected chi connectivity index (χ0v) is 25.8. The van der Waals surface area contributed by atoms with Crippen LogP contribution < -0.4 is 10.4 Å². The van der Waals surface area contributed by atoms with E-state index in [2.05, 4.69) is 8.92 Å². The van der Waals surface area contributed by atoms with E-state index in [4.69, 9.17) is 9.16 Å². The standard InChI is InChI=1S/C27H33F6NO7SSi/c1-24(2,3)43(19-12-8-6-9-13-19,20-14-10-7-11-15-20)40-16-21-22(17-39-42(36,37)27(31,32)33)41-25(4,5)34(21)23(35)38-18-26(28,29)30/h6-15,21-22H,16-18H2,1-5H3/t21-,22-/m0/s1. The highest BCUT2D eigenvalue weighted by Crippen LogP contribution is 2.39. The van der Waals surface area contributed by atoms with E-state index >= 15 is 0 Å². The van der Waals surface area contributed by atoms with Crippen molar-refractivity contribution >= 4 is 34.9 Å². The van der Waals surface area contributed by atoms with Crippen molar-refractivity contribution in [3.63, 3.8) is 0 Å². The molecule has 2 aromatic carbocycles. The average molecular weight is 658 g/mol. The molecule has 1 aliphatic heterocycles. The molecule has 0 radical (unpaired) electrons. The Morgan fingerprint density at radius 1 is 0.907 bits per heavy atom. The normalized spacial score (nSPS) is 19.8. The Balaban J connectivity index is 2.09. The van der Waals surface area contributed by atoms with Crippen LogP contribution in [-0.2, 0) is 28.2 Å². The predicted octanol–water partition coefficient (Wildman–Crippen LogP) is 4.93. The number of carbonyl (C=O) groups excluding carboxylic acids is 1. The summed E-state index contributed by atoms with van der Waals surface area (Å²) < 4.78 is 122. The van der Waals surface area contributed by atoms with E-state index in [-0.39, 0.29) is 0 Å². The summed E-state index contributed by atoms with van der Waals surface area (Å²) in [5, 5.41) is 0.994. The van der Waals surface area contributed by atoms with E-state index < -0.39 is 78.9 Å². The lowest BCUT2D eigenvalue weighted by Crippen LogP contribution is -2.67. The van der Waals surface area contributed by atoms with Gasteiger partial charge >= 0.3 is 27.9 Å². The van der Waals surface area contributed by atoms with Crippen molar-refractivity contribution in [3.05, 3.63) is 60.7 Å². The highest BCUT2D eigenvalue weighted by molar-refractivity contribution is 7.87. The van der Waals surface area contributed by atoms with Gasteiger partial charge in [-0.15, -0.1) is 0 Å². The molecule has 1 saturated heterocycles. The van der Waals surface area contributed by atoms with Crippen molar-refractivity contribution in [2.24, 2.45) is 0 Å². The monoisotopic (exact) mass is 657 g/mol. The summed E-state index contributed by atoms with van der Waals surface area (Å²) in [7, 11) is -9.41. The molecule has 3 rings (SSSR count). The molecule has 0 unspecified atom stereocenters. The average Bonchev–Trinajstić information content (AvgIpc) is 3.15. The zero-order chi connectivity index (χ0) is 32.5. The number of alkyl halides is 6. The third kappa shape index (κ3) is 7.71. The van der Waals surface area contributed by atoms with Crippen LogP contribution in [0.25, 0.3) is 0 Å². The van der Waals surface area contributed by atoms with E-state index in [0.717, 1.165) is 15.3 Å². The second-order valence-electron chi connectivity index (χ2n) is 11.4. The van der Waals surface area contributed by atoms with Crippen molar-refractivity contribution in [1.29, 1.82) is 0 Å². The number of hydrogen-bond acceptors (Lipinski definition) is 7. The maximum absolute atomic E-state index is 13.0. The number of halogens is 6. The Morgan fingerprint density at radius 3 is 1.81 bits per heavy atom. The lowest BCUT2D eigenvalue weighted by molar-refractivity contribution is -0.166. The number of amides is 1. The zero-order valence-electron chi connectivity index (χ0n) is 24.0. The van der Waals surface area contributed by atoms with E-state index in [1.54, 1.807) is 36.4 Å². The van der Waals surface area contributed by atoms with E-state index in [1.807, 2.05) is 45.0 Å². The number of hydrogen-bond donors (Lipinski definition) is 0. The summed E-state index contributed by atoms with van der Waals surface area (Å²) in [6, 6.07) is 16.8. The predicted molar refractivity (Wildman–Crippen MR) is 146 cm³/mol. The Labute approximate surface area is 247 Å². The molecule has 2 aromatic rings. The molecule has 43 heavy (non-hydrogen) atoms. The fourth-order valence-electron chi connectivity index (χ4n) is 5.16. The minimum Gasteiger partial charge on any atom is -0.440 e. The minimum absolute atomic E-state index is 0.474. The molecular weight excluding hydrogens is 624 g/mol. The van der Waals surface area contributed by atoms with Gasteiger partial charge in [-0.1, -0.05) is 81.4 Å². The summed E-state index contributed by atoms with van der Waals surface area (Å²) in [6.45, 7) is 4.72. The molecule has 8 nitrogen and oxygen atoms in total. The number of rotatable bonds is 9. The van der Waals surface area contributed by atoms with Gasteiger partial charge < -0.3 is 13.9 Å². The molecule has 240 valence electrons. The van der Waals surface area contributed by atoms with Crippen LogP contribution in [0.1, 0.15) is 34.6 Å². The van der Waals surface area contributed by atoms with Crippen LogP contribution in [0.4, 0.5) is 31.1 Å². The van der Waals surface area contributed by atoms with Crippen molar-refractivity contribution in [2.45, 2.75) is 69.2 Å². The van der Waals surface area contributed by atoms with Crippen LogP contribution in [0.5, 0.6) is 0 Å². The lowest BCUT2D eigenvalue weighted by atomic mass is 10.1. The summed E-state index contributed by atoms with van der Waals surface area (Å²) >= 11 is 0. The molecule has 0 aliphatic carbocycles. The van der Waals surface area contributed by atoms with Gasteiger partial charge in [0.25, 0.3) is 8.32 Å². The second-order valence-corrected chi connectivity index (χ2v) is 17.3. The van der Waals surface area contributed by atoms with Gasteiger partial charge in [0.15, 0.2) is 6.61 Å². The quantitative estimate of drug-likeness (QED) is 0.164. The molecule has 0 saturated carbocycles. The van der Waals surface area contributed by atoms with E-state index in [9.17, 15) is 39.6 Å². The van der Waals surface area contributed by atoms with Crippen molar-refractivity contribution in [1.82, 2.24) is 4.90 Å². The molecule has 1 amide bonds. The van der Waals surface area contributed by atoms with Gasteiger partial charge in [-0.2, -0.15) is 34.8 Å². The molecule has 0 bridgehead atoms. The first-order chi connectivity index (χ1) is 19.6. The number of ether oxygens (including phenoxy) is 2. The highest BCUT2D eigenvalue weighted by Gasteiger charge is 2.56. The number of benzene rings is 2. The number of nitrogens with zero attached hydrogens (tertiary/aromatic N) is 1. The van der Waals surface area contributed by atoms with Gasteiger partial charge in [0.05, 0.1) is 19.3 Å². The molecular formula is C27H33F6NO7SSi. The SMILES string of the molecule is CC1(C)O[C@@H](COS(=O)(=O)C(F)(F)F)[C@H](CO[Si](c2ccccc2)(c2ccccc2)C(C)(C)C)N1C(=O)OCC(F)(F)F. The Kier molecular flexibility index (Phi) is 10.0. The maximum atomic E-state index is 13.0. The number of carbonyl (C=O) groups is 1. The van der Waals surface area contributed by atoms with Crippen LogP contribution >= 0.6 is 0 Å². The first-order valence-corrected chi connectivity index (χ1v) is 16.4. The van der Waals surface area contributed by atoms with Gasteiger partial charge in [0, 0.05) is 0 Å². The lowest BCUT2D eigenvalue weighted by Gasteiger charge is -2.44. The van der Waals surface area contributed by atoms with Crippen molar-refractivity contribution in [2.75, 3.05) is 19.8 Å². The van der Waals surface area contributed by atoms with Crippen LogP contribution in [0.3, 0.4) is 0 Å². The van der Waals surface area contributed by atoms with E-state index in [1.165, 1.54) is 13.8 Å². The van der Waals surface area contributed by atoms with Gasteiger partial charge in [0.2, 0.25) is 0 Å². The third-order valence-electron chi connectivity index (χ3n) is 6.90. The summed E-state index contributed by atoms with van der Waals surface area (Å²) in [5.74, 6) is 0. The molecule has 1 aliphatic rings. The summed E-state index contributed by atoms with van der Waals surface area (Å²) in [6.07, 6.45) is -7.92. The summed E-state index contributed by atoms with van der Waals surface area (Å²) in [4.78, 5) is 13.8. The molecule has 0 aromatic heterocycles. The first kappa shape index (κ1) is 34.8. The third-order valence-corrected chi connectivity index (χ3v) is 12.9.